The Kier molecular flexibility index (Phi) is 9.95. The molecular weight excluding hydrogens is 500 g/mol. The molecule has 0 spiro atoms. The minimum Gasteiger partial charge on any atom is -0.480 e. The second-order valence-electron chi connectivity index (χ2n) is 10.4. The highest BCUT2D eigenvalue weighted by Gasteiger charge is 2.41. The van der Waals surface area contributed by atoms with Crippen LogP contribution in [0.1, 0.15) is 62.3 Å². The molecule has 0 aliphatic rings. The molecule has 0 heterocycles. The van der Waals surface area contributed by atoms with Gasteiger partial charge < -0.3 is 15.2 Å². The first-order valence-electron chi connectivity index (χ1n) is 12.9. The Labute approximate surface area is 230 Å². The van der Waals surface area contributed by atoms with Crippen molar-refractivity contribution in [1.82, 2.24) is 10.6 Å². The highest BCUT2D eigenvalue weighted by molar-refractivity contribution is 6.31. The zero-order valence-electron chi connectivity index (χ0n) is 22.5. The van der Waals surface area contributed by atoms with Gasteiger partial charge >= 0.3 is 12.1 Å². The van der Waals surface area contributed by atoms with Crippen molar-refractivity contribution in [3.05, 3.63) is 106 Å². The first kappa shape index (κ1) is 29.2. The standard InChI is InChI=1S/C31H37ClN2O4/c1-22-17-19-24(20-18-22)31(23-12-6-5-7-13-23,25-14-8-9-15-26(25)32)34-27(28(35)36)16-10-11-21-33-29(37)38-30(2,3)4/h5-9,12-15,17-20,27,34H,10-11,16,21H2,1-4H3,(H,33,37)(H,35,36)/t27-,31?/m0/s1. The number of carbonyl (C=O) groups excluding carboxylic acids is 1. The van der Waals surface area contributed by atoms with Crippen molar-refractivity contribution in [1.29, 1.82) is 0 Å². The largest absolute Gasteiger partial charge is 0.480 e. The molecule has 202 valence electrons. The molecule has 38 heavy (non-hydrogen) atoms. The number of alkyl carbamates (subject to hydrolysis) is 1. The van der Waals surface area contributed by atoms with E-state index in [1.807, 2.05) is 107 Å². The molecule has 0 bridgehead atoms. The van der Waals surface area contributed by atoms with Crippen LogP contribution in [0.15, 0.2) is 78.9 Å². The Hall–Kier alpha value is -3.35. The van der Waals surface area contributed by atoms with Crippen molar-refractivity contribution in [3.8, 4) is 0 Å². The van der Waals surface area contributed by atoms with Crippen molar-refractivity contribution < 1.29 is 19.4 Å². The number of hydrogen-bond donors (Lipinski definition) is 3. The Morgan fingerprint density at radius 3 is 2.11 bits per heavy atom. The van der Waals surface area contributed by atoms with Crippen molar-refractivity contribution in [2.75, 3.05) is 6.54 Å². The maximum Gasteiger partial charge on any atom is 0.407 e. The second kappa shape index (κ2) is 12.9. The van der Waals surface area contributed by atoms with Crippen LogP contribution in [-0.4, -0.2) is 35.4 Å². The first-order chi connectivity index (χ1) is 18.0. The van der Waals surface area contributed by atoms with Gasteiger partial charge in [-0.15, -0.1) is 0 Å². The number of ether oxygens (including phenoxy) is 1. The predicted octanol–water partition coefficient (Wildman–Crippen LogP) is 6.68. The number of benzene rings is 3. The van der Waals surface area contributed by atoms with Crippen LogP contribution < -0.4 is 10.6 Å². The number of halogens is 1. The van der Waals surface area contributed by atoms with Gasteiger partial charge in [-0.3, -0.25) is 10.1 Å². The van der Waals surface area contributed by atoms with E-state index in [4.69, 9.17) is 16.3 Å². The van der Waals surface area contributed by atoms with E-state index < -0.39 is 29.2 Å². The summed E-state index contributed by atoms with van der Waals surface area (Å²) in [6.07, 6.45) is 1.07. The van der Waals surface area contributed by atoms with Gasteiger partial charge in [-0.1, -0.05) is 90.0 Å². The van der Waals surface area contributed by atoms with Crippen LogP contribution in [0.2, 0.25) is 5.02 Å². The van der Waals surface area contributed by atoms with E-state index in [9.17, 15) is 14.7 Å². The van der Waals surface area contributed by atoms with Crippen LogP contribution >= 0.6 is 11.6 Å². The lowest BCUT2D eigenvalue weighted by atomic mass is 9.76. The molecule has 6 nitrogen and oxygen atoms in total. The minimum atomic E-state index is -1.01. The predicted molar refractivity (Wildman–Crippen MR) is 152 cm³/mol. The van der Waals surface area contributed by atoms with Crippen LogP contribution in [0.25, 0.3) is 0 Å². The number of aryl methyl sites for hydroxylation is 1. The number of amides is 1. The second-order valence-corrected chi connectivity index (χ2v) is 10.8. The average molecular weight is 537 g/mol. The molecule has 2 atom stereocenters. The Bertz CT molecular complexity index is 1210. The number of rotatable bonds is 11. The molecule has 7 heteroatoms. The first-order valence-corrected chi connectivity index (χ1v) is 13.3. The number of nitrogens with one attached hydrogen (secondary N) is 2. The van der Waals surface area contributed by atoms with E-state index in [1.54, 1.807) is 0 Å². The summed E-state index contributed by atoms with van der Waals surface area (Å²) in [6.45, 7) is 7.83. The Balaban J connectivity index is 1.92. The molecule has 3 aromatic rings. The molecule has 0 saturated heterocycles. The Morgan fingerprint density at radius 2 is 1.50 bits per heavy atom. The summed E-state index contributed by atoms with van der Waals surface area (Å²) in [5.41, 5.74) is 2.06. The zero-order chi connectivity index (χ0) is 27.8. The van der Waals surface area contributed by atoms with Gasteiger partial charge in [-0.05, 0) is 69.7 Å². The molecule has 0 aromatic heterocycles. The molecule has 0 fully saturated rings. The van der Waals surface area contributed by atoms with Gasteiger partial charge in [-0.25, -0.2) is 4.79 Å². The molecule has 0 radical (unpaired) electrons. The molecule has 1 amide bonds. The maximum absolute atomic E-state index is 12.6. The molecule has 0 aliphatic carbocycles. The van der Waals surface area contributed by atoms with E-state index in [0.717, 1.165) is 22.3 Å². The molecular formula is C31H37ClN2O4. The summed E-state index contributed by atoms with van der Waals surface area (Å²) in [6, 6.07) is 24.5. The molecule has 3 rings (SSSR count). The normalized spacial score (nSPS) is 13.8. The molecule has 3 N–H and O–H groups in total. The summed E-state index contributed by atoms with van der Waals surface area (Å²) in [4.78, 5) is 24.5. The summed E-state index contributed by atoms with van der Waals surface area (Å²) in [5.74, 6) is -0.954. The highest BCUT2D eigenvalue weighted by Crippen LogP contribution is 2.41. The highest BCUT2D eigenvalue weighted by atomic mass is 35.5. The Morgan fingerprint density at radius 1 is 0.895 bits per heavy atom. The topological polar surface area (TPSA) is 87.7 Å². The van der Waals surface area contributed by atoms with Gasteiger partial charge in [0.05, 0.1) is 5.54 Å². The van der Waals surface area contributed by atoms with Gasteiger partial charge in [0, 0.05) is 11.6 Å². The van der Waals surface area contributed by atoms with Crippen molar-refractivity contribution >= 4 is 23.7 Å². The van der Waals surface area contributed by atoms with E-state index >= 15 is 0 Å². The fourth-order valence-electron chi connectivity index (χ4n) is 4.48. The number of hydrogen-bond acceptors (Lipinski definition) is 4. The number of carbonyl (C=O) groups is 2. The van der Waals surface area contributed by atoms with Gasteiger partial charge in [0.25, 0.3) is 0 Å². The lowest BCUT2D eigenvalue weighted by molar-refractivity contribution is -0.140. The zero-order valence-corrected chi connectivity index (χ0v) is 23.2. The van der Waals surface area contributed by atoms with Gasteiger partial charge in [0.2, 0.25) is 0 Å². The SMILES string of the molecule is Cc1ccc(C(N[C@@H](CCCCNC(=O)OC(C)(C)C)C(=O)O)(c2ccccc2)c2ccccc2Cl)cc1. The van der Waals surface area contributed by atoms with Crippen LogP contribution in [0.3, 0.4) is 0 Å². The smallest absolute Gasteiger partial charge is 0.407 e. The van der Waals surface area contributed by atoms with Crippen molar-refractivity contribution in [2.24, 2.45) is 0 Å². The number of carboxylic acids is 1. The van der Waals surface area contributed by atoms with Crippen LogP contribution in [0, 0.1) is 6.92 Å². The van der Waals surface area contributed by atoms with E-state index in [1.165, 1.54) is 0 Å². The van der Waals surface area contributed by atoms with Crippen LogP contribution in [0.4, 0.5) is 4.79 Å². The lowest BCUT2D eigenvalue weighted by Crippen LogP contribution is -2.52. The van der Waals surface area contributed by atoms with E-state index in [2.05, 4.69) is 10.6 Å². The third kappa shape index (κ3) is 7.59. The molecule has 1 unspecified atom stereocenters. The fourth-order valence-corrected chi connectivity index (χ4v) is 4.75. The average Bonchev–Trinajstić information content (AvgIpc) is 2.86. The number of aliphatic carboxylic acids is 1. The lowest BCUT2D eigenvalue weighted by Gasteiger charge is -2.40. The maximum atomic E-state index is 12.6. The molecule has 3 aromatic carbocycles. The quantitative estimate of drug-likeness (QED) is 0.188. The molecule has 0 aliphatic heterocycles. The van der Waals surface area contributed by atoms with Crippen molar-refractivity contribution in [3.63, 3.8) is 0 Å². The minimum absolute atomic E-state index is 0.357. The third-order valence-electron chi connectivity index (χ3n) is 6.25. The van der Waals surface area contributed by atoms with Gasteiger partial charge in [0.1, 0.15) is 11.6 Å². The summed E-state index contributed by atoms with van der Waals surface area (Å²) in [5, 5.41) is 17.1. The van der Waals surface area contributed by atoms with Gasteiger partial charge in [-0.2, -0.15) is 0 Å². The monoisotopic (exact) mass is 536 g/mol. The number of carboxylic acid groups (broad SMARTS) is 1. The van der Waals surface area contributed by atoms with E-state index in [0.29, 0.717) is 30.8 Å². The summed E-state index contributed by atoms with van der Waals surface area (Å²) in [7, 11) is 0. The summed E-state index contributed by atoms with van der Waals surface area (Å²) >= 11 is 6.78. The van der Waals surface area contributed by atoms with Crippen LogP contribution in [-0.2, 0) is 15.1 Å². The summed E-state index contributed by atoms with van der Waals surface area (Å²) < 4.78 is 5.27. The van der Waals surface area contributed by atoms with Crippen molar-refractivity contribution in [2.45, 2.75) is 64.1 Å². The van der Waals surface area contributed by atoms with Crippen LogP contribution in [0.5, 0.6) is 0 Å². The van der Waals surface area contributed by atoms with Gasteiger partial charge in [0.15, 0.2) is 0 Å². The van der Waals surface area contributed by atoms with E-state index in [-0.39, 0.29) is 0 Å². The number of unbranched alkanes of at least 4 members (excludes halogenated alkanes) is 1. The third-order valence-corrected chi connectivity index (χ3v) is 6.58. The molecule has 0 saturated carbocycles. The fraction of sp³-hybridized carbons (Fsp3) is 0.355.